The van der Waals surface area contributed by atoms with E-state index >= 15 is 0 Å². The van der Waals surface area contributed by atoms with Crippen LogP contribution >= 0.6 is 0 Å². The molecule has 0 aliphatic heterocycles. The zero-order chi connectivity index (χ0) is 11.6. The normalized spacial score (nSPS) is 34.3. The molecule has 0 aromatic carbocycles. The highest BCUT2D eigenvalue weighted by Crippen LogP contribution is 2.39. The lowest BCUT2D eigenvalue weighted by Crippen LogP contribution is -2.57. The third-order valence-corrected chi connectivity index (χ3v) is 2.93. The predicted molar refractivity (Wildman–Crippen MR) is 52.6 cm³/mol. The number of ether oxygens (including phenoxy) is 2. The monoisotopic (exact) mass is 218 g/mol. The lowest BCUT2D eigenvalue weighted by Gasteiger charge is -2.44. The summed E-state index contributed by atoms with van der Waals surface area (Å²) in [5.74, 6) is -0.983. The Bertz CT molecular complexity index is 232. The van der Waals surface area contributed by atoms with Crippen molar-refractivity contribution in [2.24, 2.45) is 0 Å². The van der Waals surface area contributed by atoms with Crippen LogP contribution in [0.25, 0.3) is 0 Å². The number of methoxy groups -OCH3 is 1. The number of hydrogen-bond acceptors (Lipinski definition) is 4. The van der Waals surface area contributed by atoms with Gasteiger partial charge in [0.1, 0.15) is 0 Å². The van der Waals surface area contributed by atoms with Gasteiger partial charge in [-0.3, -0.25) is 0 Å². The molecule has 5 nitrogen and oxygen atoms in total. The van der Waals surface area contributed by atoms with E-state index in [1.807, 2.05) is 0 Å². The molecule has 2 N–H and O–H groups in total. The maximum Gasteiger partial charge on any atom is 0.336 e. The maximum atomic E-state index is 11.1. The summed E-state index contributed by atoms with van der Waals surface area (Å²) in [7, 11) is 1.55. The first-order valence-electron chi connectivity index (χ1n) is 5.03. The summed E-state index contributed by atoms with van der Waals surface area (Å²) in [6.07, 6.45) is -0.532. The van der Waals surface area contributed by atoms with Gasteiger partial charge in [-0.15, -0.1) is 0 Å². The molecule has 0 amide bonds. The highest BCUT2D eigenvalue weighted by molar-refractivity contribution is 5.79. The topological polar surface area (TPSA) is 76.0 Å². The van der Waals surface area contributed by atoms with Crippen LogP contribution in [0.3, 0.4) is 0 Å². The Hall–Kier alpha value is -0.650. The van der Waals surface area contributed by atoms with E-state index in [9.17, 15) is 9.90 Å². The van der Waals surface area contributed by atoms with Crippen molar-refractivity contribution >= 4 is 5.97 Å². The zero-order valence-electron chi connectivity index (χ0n) is 9.27. The fourth-order valence-corrected chi connectivity index (χ4v) is 1.62. The fourth-order valence-electron chi connectivity index (χ4n) is 1.62. The average Bonchev–Trinajstić information content (AvgIpc) is 2.09. The standard InChI is InChI=1S/C10H18O5/c1-6(11)7(2)15-10(9(12)13)4-8(5-10)14-3/h6-8,11H,4-5H2,1-3H3,(H,12,13). The van der Waals surface area contributed by atoms with Gasteiger partial charge in [-0.1, -0.05) is 0 Å². The first kappa shape index (κ1) is 12.4. The number of aliphatic hydroxyl groups is 1. The Labute approximate surface area is 89.0 Å². The van der Waals surface area contributed by atoms with Crippen LogP contribution in [0.5, 0.6) is 0 Å². The van der Waals surface area contributed by atoms with Crippen LogP contribution in [-0.4, -0.2) is 47.2 Å². The average molecular weight is 218 g/mol. The first-order valence-corrected chi connectivity index (χ1v) is 5.03. The fraction of sp³-hybridized carbons (Fsp3) is 0.900. The van der Waals surface area contributed by atoms with Gasteiger partial charge in [0.05, 0.1) is 18.3 Å². The lowest BCUT2D eigenvalue weighted by molar-refractivity contribution is -0.219. The molecule has 1 rings (SSSR count). The quantitative estimate of drug-likeness (QED) is 0.698. The minimum absolute atomic E-state index is 0.0534. The van der Waals surface area contributed by atoms with Crippen LogP contribution in [0.4, 0.5) is 0 Å². The van der Waals surface area contributed by atoms with Gasteiger partial charge in [-0.2, -0.15) is 0 Å². The van der Waals surface area contributed by atoms with Gasteiger partial charge < -0.3 is 19.7 Å². The molecule has 1 aliphatic rings. The predicted octanol–water partition coefficient (Wildman–Crippen LogP) is 0.404. The largest absolute Gasteiger partial charge is 0.479 e. The molecule has 0 saturated heterocycles. The summed E-state index contributed by atoms with van der Waals surface area (Å²) in [5.41, 5.74) is -1.17. The summed E-state index contributed by atoms with van der Waals surface area (Å²) in [6, 6.07) is 0. The van der Waals surface area contributed by atoms with Crippen molar-refractivity contribution in [2.75, 3.05) is 7.11 Å². The van der Waals surface area contributed by atoms with Gasteiger partial charge in [0.2, 0.25) is 0 Å². The van der Waals surface area contributed by atoms with E-state index in [1.54, 1.807) is 21.0 Å². The van der Waals surface area contributed by atoms with Gasteiger partial charge in [0, 0.05) is 20.0 Å². The molecular formula is C10H18O5. The Kier molecular flexibility index (Phi) is 3.70. The minimum atomic E-state index is -1.17. The summed E-state index contributed by atoms with van der Waals surface area (Å²) >= 11 is 0. The van der Waals surface area contributed by atoms with Gasteiger partial charge >= 0.3 is 5.97 Å². The molecule has 15 heavy (non-hydrogen) atoms. The van der Waals surface area contributed by atoms with Crippen molar-refractivity contribution in [1.29, 1.82) is 0 Å². The number of carboxylic acids is 1. The molecule has 0 aromatic heterocycles. The first-order chi connectivity index (χ1) is 6.91. The molecule has 0 heterocycles. The molecule has 0 aromatic rings. The van der Waals surface area contributed by atoms with E-state index in [2.05, 4.69) is 0 Å². The highest BCUT2D eigenvalue weighted by atomic mass is 16.6. The van der Waals surface area contributed by atoms with Gasteiger partial charge in [-0.05, 0) is 13.8 Å². The van der Waals surface area contributed by atoms with Crippen LogP contribution < -0.4 is 0 Å². The third kappa shape index (κ3) is 2.48. The van der Waals surface area contributed by atoms with Gasteiger partial charge in [0.15, 0.2) is 5.60 Å². The second-order valence-electron chi connectivity index (χ2n) is 4.13. The van der Waals surface area contributed by atoms with Crippen molar-refractivity contribution < 1.29 is 24.5 Å². The molecule has 1 saturated carbocycles. The Balaban J connectivity index is 2.58. The van der Waals surface area contributed by atoms with E-state index < -0.39 is 23.8 Å². The van der Waals surface area contributed by atoms with E-state index in [-0.39, 0.29) is 6.10 Å². The second kappa shape index (κ2) is 4.47. The number of carbonyl (C=O) groups is 1. The number of aliphatic carboxylic acids is 1. The van der Waals surface area contributed by atoms with Crippen LogP contribution in [0.2, 0.25) is 0 Å². The molecule has 88 valence electrons. The van der Waals surface area contributed by atoms with Gasteiger partial charge in [-0.25, -0.2) is 4.79 Å². The summed E-state index contributed by atoms with van der Waals surface area (Å²) in [6.45, 7) is 3.24. The molecule has 0 spiro atoms. The molecule has 2 atom stereocenters. The SMILES string of the molecule is COC1CC(OC(C)C(C)O)(C(=O)O)C1. The second-order valence-corrected chi connectivity index (χ2v) is 4.13. The van der Waals surface area contributed by atoms with Crippen molar-refractivity contribution in [3.8, 4) is 0 Å². The third-order valence-electron chi connectivity index (χ3n) is 2.93. The number of hydrogen-bond donors (Lipinski definition) is 2. The molecule has 1 fully saturated rings. The summed E-state index contributed by atoms with van der Waals surface area (Å²) in [5, 5.41) is 18.3. The highest BCUT2D eigenvalue weighted by Gasteiger charge is 2.53. The smallest absolute Gasteiger partial charge is 0.336 e. The molecule has 0 radical (unpaired) electrons. The molecular weight excluding hydrogens is 200 g/mol. The van der Waals surface area contributed by atoms with E-state index in [0.29, 0.717) is 12.8 Å². The van der Waals surface area contributed by atoms with E-state index in [0.717, 1.165) is 0 Å². The summed E-state index contributed by atoms with van der Waals surface area (Å²) in [4.78, 5) is 11.1. The van der Waals surface area contributed by atoms with Crippen molar-refractivity contribution in [1.82, 2.24) is 0 Å². The molecule has 1 aliphatic carbocycles. The lowest BCUT2D eigenvalue weighted by atomic mass is 9.77. The van der Waals surface area contributed by atoms with Crippen molar-refractivity contribution in [3.05, 3.63) is 0 Å². The Morgan fingerprint density at radius 2 is 2.00 bits per heavy atom. The van der Waals surface area contributed by atoms with Crippen molar-refractivity contribution in [2.45, 2.75) is 50.6 Å². The Morgan fingerprint density at radius 1 is 1.47 bits per heavy atom. The van der Waals surface area contributed by atoms with E-state index in [1.165, 1.54) is 0 Å². The van der Waals surface area contributed by atoms with Gasteiger partial charge in [0.25, 0.3) is 0 Å². The van der Waals surface area contributed by atoms with E-state index in [4.69, 9.17) is 14.6 Å². The Morgan fingerprint density at radius 3 is 2.33 bits per heavy atom. The maximum absolute atomic E-state index is 11.1. The number of rotatable bonds is 5. The number of carboxylic acid groups (broad SMARTS) is 1. The van der Waals surface area contributed by atoms with Crippen molar-refractivity contribution in [3.63, 3.8) is 0 Å². The molecule has 5 heteroatoms. The van der Waals surface area contributed by atoms with Crippen LogP contribution in [0.1, 0.15) is 26.7 Å². The molecule has 0 bridgehead atoms. The van der Waals surface area contributed by atoms with Crippen LogP contribution in [0, 0.1) is 0 Å². The zero-order valence-corrected chi connectivity index (χ0v) is 9.27. The van der Waals surface area contributed by atoms with Crippen LogP contribution in [-0.2, 0) is 14.3 Å². The van der Waals surface area contributed by atoms with Crippen LogP contribution in [0.15, 0.2) is 0 Å². The minimum Gasteiger partial charge on any atom is -0.479 e. The molecule has 2 unspecified atom stereocenters. The number of aliphatic hydroxyl groups excluding tert-OH is 1. The summed E-state index contributed by atoms with van der Waals surface area (Å²) < 4.78 is 10.4.